The first-order chi connectivity index (χ1) is 9.15. The molecule has 0 spiro atoms. The van der Waals surface area contributed by atoms with Crippen LogP contribution in [0.4, 0.5) is 5.95 Å². The molecule has 3 rings (SSSR count). The Balaban J connectivity index is 2.12. The average molecular weight is 256 g/mol. The molecule has 1 aromatic carbocycles. The van der Waals surface area contributed by atoms with Gasteiger partial charge in [-0.25, -0.2) is 4.98 Å². The van der Waals surface area contributed by atoms with E-state index in [0.717, 1.165) is 5.56 Å². The highest BCUT2D eigenvalue weighted by molar-refractivity contribution is 5.70. The molecule has 1 atom stereocenters. The molecule has 2 heterocycles. The lowest BCUT2D eigenvalue weighted by Crippen LogP contribution is -2.13. The van der Waals surface area contributed by atoms with E-state index in [-0.39, 0.29) is 22.7 Å². The number of aromatic amines is 2. The summed E-state index contributed by atoms with van der Waals surface area (Å²) in [7, 11) is 0. The summed E-state index contributed by atoms with van der Waals surface area (Å²) in [5.74, 6) is 0.508. The Hall–Kier alpha value is -2.67. The molecule has 0 saturated heterocycles. The van der Waals surface area contributed by atoms with Crippen LogP contribution in [0.15, 0.2) is 35.1 Å². The van der Waals surface area contributed by atoms with Crippen LogP contribution in [0.2, 0.25) is 0 Å². The number of nitrogen functional groups attached to an aromatic ring is 1. The van der Waals surface area contributed by atoms with Gasteiger partial charge >= 0.3 is 0 Å². The molecule has 0 fully saturated rings. The Kier molecular flexibility index (Phi) is 2.53. The van der Waals surface area contributed by atoms with Crippen LogP contribution in [0.3, 0.4) is 0 Å². The summed E-state index contributed by atoms with van der Waals surface area (Å²) in [6, 6.07) is 9.02. The summed E-state index contributed by atoms with van der Waals surface area (Å²) >= 11 is 0. The number of rotatable bonds is 2. The molecule has 7 nitrogen and oxygen atoms in total. The molecule has 3 aromatic rings. The molecule has 6 N–H and O–H groups in total. The van der Waals surface area contributed by atoms with E-state index >= 15 is 0 Å². The molecular formula is C12H12N6O. The number of nitrogens with zero attached hydrogens (tertiary/aromatic N) is 2. The van der Waals surface area contributed by atoms with Crippen LogP contribution in [-0.2, 0) is 0 Å². The second-order valence-electron chi connectivity index (χ2n) is 4.16. The van der Waals surface area contributed by atoms with Gasteiger partial charge in [0, 0.05) is 0 Å². The summed E-state index contributed by atoms with van der Waals surface area (Å²) in [4.78, 5) is 25.2. The van der Waals surface area contributed by atoms with Crippen LogP contribution in [0.25, 0.3) is 11.2 Å². The Morgan fingerprint density at radius 2 is 1.84 bits per heavy atom. The number of hydrogen-bond donors (Lipinski definition) is 4. The number of imidazole rings is 1. The minimum Gasteiger partial charge on any atom is -0.369 e. The van der Waals surface area contributed by atoms with Crippen LogP contribution in [0.5, 0.6) is 0 Å². The maximum absolute atomic E-state index is 11.7. The highest BCUT2D eigenvalue weighted by Crippen LogP contribution is 2.17. The Morgan fingerprint density at radius 3 is 2.58 bits per heavy atom. The molecule has 0 aliphatic heterocycles. The van der Waals surface area contributed by atoms with Crippen LogP contribution in [0, 0.1) is 0 Å². The molecule has 1 unspecified atom stereocenters. The number of nitrogens with two attached hydrogens (primary N) is 2. The third kappa shape index (κ3) is 1.95. The van der Waals surface area contributed by atoms with Crippen molar-refractivity contribution in [2.45, 2.75) is 6.04 Å². The second kappa shape index (κ2) is 4.21. The third-order valence-corrected chi connectivity index (χ3v) is 2.85. The number of H-pyrrole nitrogens is 2. The minimum absolute atomic E-state index is 0.0313. The van der Waals surface area contributed by atoms with Gasteiger partial charge in [0.15, 0.2) is 11.2 Å². The third-order valence-electron chi connectivity index (χ3n) is 2.85. The van der Waals surface area contributed by atoms with Gasteiger partial charge in [-0.1, -0.05) is 30.3 Å². The summed E-state index contributed by atoms with van der Waals surface area (Å²) in [6.45, 7) is 0. The van der Waals surface area contributed by atoms with Gasteiger partial charge < -0.3 is 16.5 Å². The van der Waals surface area contributed by atoms with Crippen molar-refractivity contribution >= 4 is 17.1 Å². The van der Waals surface area contributed by atoms with E-state index in [1.54, 1.807) is 0 Å². The molecular weight excluding hydrogens is 244 g/mol. The normalized spacial score (nSPS) is 12.7. The summed E-state index contributed by atoms with van der Waals surface area (Å²) in [5, 5.41) is 0. The van der Waals surface area contributed by atoms with Crippen molar-refractivity contribution in [2.75, 3.05) is 5.73 Å². The average Bonchev–Trinajstić information content (AvgIpc) is 2.83. The second-order valence-corrected chi connectivity index (χ2v) is 4.16. The first kappa shape index (κ1) is 11.4. The highest BCUT2D eigenvalue weighted by atomic mass is 16.1. The summed E-state index contributed by atoms with van der Waals surface area (Å²) in [5.41, 5.74) is 12.6. The highest BCUT2D eigenvalue weighted by Gasteiger charge is 2.15. The number of nitrogens with one attached hydrogen (secondary N) is 2. The molecule has 0 radical (unpaired) electrons. The smallest absolute Gasteiger partial charge is 0.278 e. The van der Waals surface area contributed by atoms with E-state index in [9.17, 15) is 4.79 Å². The molecule has 0 bridgehead atoms. The first-order valence-corrected chi connectivity index (χ1v) is 5.71. The van der Waals surface area contributed by atoms with Gasteiger partial charge in [-0.2, -0.15) is 4.98 Å². The van der Waals surface area contributed by atoms with E-state index < -0.39 is 6.04 Å². The SMILES string of the molecule is Nc1nc2nc(C(N)c3ccccc3)[nH]c2c(=O)[nH]1. The summed E-state index contributed by atoms with van der Waals surface area (Å²) in [6.07, 6.45) is 0. The molecule has 7 heteroatoms. The minimum atomic E-state index is -0.448. The molecule has 96 valence electrons. The van der Waals surface area contributed by atoms with Gasteiger partial charge in [-0.15, -0.1) is 0 Å². The van der Waals surface area contributed by atoms with Crippen molar-refractivity contribution in [3.05, 3.63) is 52.1 Å². The molecule has 19 heavy (non-hydrogen) atoms. The van der Waals surface area contributed by atoms with Crippen molar-refractivity contribution in [1.29, 1.82) is 0 Å². The zero-order chi connectivity index (χ0) is 13.4. The van der Waals surface area contributed by atoms with Crippen molar-refractivity contribution in [3.63, 3.8) is 0 Å². The number of fused-ring (bicyclic) bond motifs is 1. The monoisotopic (exact) mass is 256 g/mol. The first-order valence-electron chi connectivity index (χ1n) is 5.71. The van der Waals surface area contributed by atoms with Crippen molar-refractivity contribution in [1.82, 2.24) is 19.9 Å². The number of benzene rings is 1. The predicted octanol–water partition coefficient (Wildman–Crippen LogP) is 0.276. The molecule has 0 amide bonds. The van der Waals surface area contributed by atoms with Gasteiger partial charge in [-0.05, 0) is 5.56 Å². The Bertz CT molecular complexity index is 776. The van der Waals surface area contributed by atoms with Crippen LogP contribution < -0.4 is 17.0 Å². The zero-order valence-electron chi connectivity index (χ0n) is 9.92. The fourth-order valence-corrected chi connectivity index (χ4v) is 1.91. The van der Waals surface area contributed by atoms with Gasteiger partial charge in [0.05, 0.1) is 6.04 Å². The van der Waals surface area contributed by atoms with Crippen LogP contribution in [-0.4, -0.2) is 19.9 Å². The maximum atomic E-state index is 11.7. The fourth-order valence-electron chi connectivity index (χ4n) is 1.91. The fraction of sp³-hybridized carbons (Fsp3) is 0.0833. The number of aromatic nitrogens is 4. The Labute approximate surface area is 107 Å². The van der Waals surface area contributed by atoms with E-state index in [1.807, 2.05) is 30.3 Å². The topological polar surface area (TPSA) is 126 Å². The Morgan fingerprint density at radius 1 is 1.11 bits per heavy atom. The molecule has 0 aliphatic carbocycles. The van der Waals surface area contributed by atoms with Gasteiger partial charge in [0.1, 0.15) is 5.82 Å². The van der Waals surface area contributed by atoms with Crippen molar-refractivity contribution in [2.24, 2.45) is 5.73 Å². The van der Waals surface area contributed by atoms with Gasteiger partial charge in [0.2, 0.25) is 5.95 Å². The van der Waals surface area contributed by atoms with Gasteiger partial charge in [0.25, 0.3) is 5.56 Å². The summed E-state index contributed by atoms with van der Waals surface area (Å²) < 4.78 is 0. The van der Waals surface area contributed by atoms with Crippen LogP contribution >= 0.6 is 0 Å². The maximum Gasteiger partial charge on any atom is 0.278 e. The van der Waals surface area contributed by atoms with Crippen molar-refractivity contribution < 1.29 is 0 Å². The van der Waals surface area contributed by atoms with E-state index in [1.165, 1.54) is 0 Å². The quantitative estimate of drug-likeness (QED) is 0.523. The van der Waals surface area contributed by atoms with Gasteiger partial charge in [-0.3, -0.25) is 9.78 Å². The molecule has 0 saturated carbocycles. The number of hydrogen-bond acceptors (Lipinski definition) is 5. The van der Waals surface area contributed by atoms with E-state index in [0.29, 0.717) is 5.82 Å². The van der Waals surface area contributed by atoms with Crippen LogP contribution in [0.1, 0.15) is 17.4 Å². The predicted molar refractivity (Wildman–Crippen MR) is 71.4 cm³/mol. The lowest BCUT2D eigenvalue weighted by Gasteiger charge is -2.07. The molecule has 2 aromatic heterocycles. The standard InChI is InChI=1S/C12H12N6O/c13-7(6-4-2-1-3-5-6)9-15-8-10(16-9)17-12(14)18-11(8)19/h1-5,7H,13H2,(H4,14,15,16,17,18,19). The van der Waals surface area contributed by atoms with Crippen molar-refractivity contribution in [3.8, 4) is 0 Å². The van der Waals surface area contributed by atoms with E-state index in [2.05, 4.69) is 19.9 Å². The largest absolute Gasteiger partial charge is 0.369 e. The lowest BCUT2D eigenvalue weighted by atomic mass is 10.1. The van der Waals surface area contributed by atoms with E-state index in [4.69, 9.17) is 11.5 Å². The lowest BCUT2D eigenvalue weighted by molar-refractivity contribution is 0.805. The molecule has 0 aliphatic rings. The zero-order valence-corrected chi connectivity index (χ0v) is 9.92. The number of anilines is 1.